The highest BCUT2D eigenvalue weighted by Crippen LogP contribution is 2.11. The second kappa shape index (κ2) is 2.95. The van der Waals surface area contributed by atoms with Crippen LogP contribution in [-0.2, 0) is 0 Å². The molecule has 7 nitrogen and oxygen atoms in total. The highest BCUT2D eigenvalue weighted by atomic mass is 16.5. The summed E-state index contributed by atoms with van der Waals surface area (Å²) < 4.78 is 6.11. The first-order valence-corrected chi connectivity index (χ1v) is 3.70. The Bertz CT molecular complexity index is 493. The molecule has 2 rings (SSSR count). The van der Waals surface area contributed by atoms with Crippen molar-refractivity contribution < 1.29 is 14.6 Å². The molecule has 2 heterocycles. The molecule has 0 saturated carbocycles. The summed E-state index contributed by atoms with van der Waals surface area (Å²) in [4.78, 5) is 22.1. The maximum absolute atomic E-state index is 10.8. The first-order chi connectivity index (χ1) is 6.74. The van der Waals surface area contributed by atoms with Gasteiger partial charge in [0.05, 0.1) is 13.3 Å². The fraction of sp³-hybridized carbons (Fsp3) is 0.143. The van der Waals surface area contributed by atoms with Gasteiger partial charge in [0.2, 0.25) is 5.78 Å². The van der Waals surface area contributed by atoms with Gasteiger partial charge in [0.1, 0.15) is 6.33 Å². The van der Waals surface area contributed by atoms with Crippen LogP contribution in [0, 0.1) is 0 Å². The molecule has 0 amide bonds. The van der Waals surface area contributed by atoms with Gasteiger partial charge >= 0.3 is 12.0 Å². The van der Waals surface area contributed by atoms with Gasteiger partial charge in [-0.25, -0.2) is 19.2 Å². The van der Waals surface area contributed by atoms with Crippen LogP contribution >= 0.6 is 0 Å². The van der Waals surface area contributed by atoms with Gasteiger partial charge in [-0.15, -0.1) is 0 Å². The predicted octanol–water partition coefficient (Wildman–Crippen LogP) is -0.169. The molecule has 0 aromatic carbocycles. The molecule has 0 radical (unpaired) electrons. The van der Waals surface area contributed by atoms with Crippen molar-refractivity contribution in [3.05, 3.63) is 18.2 Å². The second-order valence-electron chi connectivity index (χ2n) is 2.44. The molecule has 0 atom stereocenters. The fourth-order valence-electron chi connectivity index (χ4n) is 1.10. The number of aromatic nitrogens is 4. The Morgan fingerprint density at radius 1 is 1.50 bits per heavy atom. The number of carbonyl (C=O) groups is 1. The van der Waals surface area contributed by atoms with E-state index in [4.69, 9.17) is 9.84 Å². The van der Waals surface area contributed by atoms with Gasteiger partial charge in [-0.3, -0.25) is 0 Å². The van der Waals surface area contributed by atoms with Crippen LogP contribution in [0.5, 0.6) is 6.01 Å². The third-order valence-electron chi connectivity index (χ3n) is 1.68. The van der Waals surface area contributed by atoms with E-state index in [9.17, 15) is 4.79 Å². The standard InChI is InChI=1S/C7H6N4O3/c1-14-7-10-3-9-6-8-2-4(5(12)13)11(6)7/h2-3H,1H3,(H,12,13). The minimum atomic E-state index is -1.11. The van der Waals surface area contributed by atoms with E-state index in [2.05, 4.69) is 15.0 Å². The van der Waals surface area contributed by atoms with Crippen molar-refractivity contribution >= 4 is 11.7 Å². The van der Waals surface area contributed by atoms with Crippen molar-refractivity contribution in [1.82, 2.24) is 19.4 Å². The maximum Gasteiger partial charge on any atom is 0.354 e. The minimum Gasteiger partial charge on any atom is -0.477 e. The number of fused-ring (bicyclic) bond motifs is 1. The van der Waals surface area contributed by atoms with Crippen LogP contribution in [0.25, 0.3) is 5.78 Å². The van der Waals surface area contributed by atoms with Crippen LogP contribution in [-0.4, -0.2) is 37.5 Å². The molecule has 0 bridgehead atoms. The van der Waals surface area contributed by atoms with Crippen LogP contribution in [0.15, 0.2) is 12.5 Å². The number of hydrogen-bond donors (Lipinski definition) is 1. The van der Waals surface area contributed by atoms with Crippen molar-refractivity contribution in [2.45, 2.75) is 0 Å². The molecule has 7 heteroatoms. The van der Waals surface area contributed by atoms with Crippen LogP contribution in [0.1, 0.15) is 10.5 Å². The summed E-state index contributed by atoms with van der Waals surface area (Å²) in [6, 6.07) is 0.143. The molecule has 0 spiro atoms. The number of imidazole rings is 1. The summed E-state index contributed by atoms with van der Waals surface area (Å²) in [5, 5.41) is 8.82. The number of carboxylic acids is 1. The van der Waals surface area contributed by atoms with Gasteiger partial charge < -0.3 is 9.84 Å². The first kappa shape index (κ1) is 8.42. The van der Waals surface area contributed by atoms with Crippen molar-refractivity contribution in [3.63, 3.8) is 0 Å². The van der Waals surface area contributed by atoms with Crippen molar-refractivity contribution in [2.24, 2.45) is 0 Å². The zero-order chi connectivity index (χ0) is 10.1. The quantitative estimate of drug-likeness (QED) is 0.713. The van der Waals surface area contributed by atoms with Crippen LogP contribution in [0.2, 0.25) is 0 Å². The lowest BCUT2D eigenvalue weighted by molar-refractivity contribution is 0.0688. The lowest BCUT2D eigenvalue weighted by Gasteiger charge is -2.01. The van der Waals surface area contributed by atoms with Gasteiger partial charge in [0.15, 0.2) is 5.69 Å². The molecule has 0 unspecified atom stereocenters. The molecular formula is C7H6N4O3. The summed E-state index contributed by atoms with van der Waals surface area (Å²) in [5.74, 6) is -0.861. The van der Waals surface area contributed by atoms with E-state index >= 15 is 0 Å². The fourth-order valence-corrected chi connectivity index (χ4v) is 1.10. The SMILES string of the molecule is COc1ncnc2ncc(C(=O)O)n12. The first-order valence-electron chi connectivity index (χ1n) is 3.70. The number of aromatic carboxylic acids is 1. The number of methoxy groups -OCH3 is 1. The number of nitrogens with zero attached hydrogens (tertiary/aromatic N) is 4. The van der Waals surface area contributed by atoms with E-state index < -0.39 is 5.97 Å². The normalized spacial score (nSPS) is 10.4. The van der Waals surface area contributed by atoms with E-state index in [-0.39, 0.29) is 17.5 Å². The van der Waals surface area contributed by atoms with Gasteiger partial charge in [0, 0.05) is 0 Å². The lowest BCUT2D eigenvalue weighted by Crippen LogP contribution is -2.06. The topological polar surface area (TPSA) is 89.6 Å². The van der Waals surface area contributed by atoms with Crippen molar-refractivity contribution in [1.29, 1.82) is 0 Å². The Morgan fingerprint density at radius 2 is 2.29 bits per heavy atom. The van der Waals surface area contributed by atoms with E-state index in [0.29, 0.717) is 0 Å². The Balaban J connectivity index is 2.81. The van der Waals surface area contributed by atoms with Gasteiger partial charge in [-0.1, -0.05) is 0 Å². The monoisotopic (exact) mass is 194 g/mol. The molecule has 0 fully saturated rings. The minimum absolute atomic E-state index is 0.0301. The zero-order valence-corrected chi connectivity index (χ0v) is 7.21. The maximum atomic E-state index is 10.8. The molecule has 2 aromatic rings. The van der Waals surface area contributed by atoms with Gasteiger partial charge in [-0.2, -0.15) is 4.98 Å². The second-order valence-corrected chi connectivity index (χ2v) is 2.44. The van der Waals surface area contributed by atoms with Crippen LogP contribution < -0.4 is 4.74 Å². The van der Waals surface area contributed by atoms with E-state index in [1.54, 1.807) is 0 Å². The van der Waals surface area contributed by atoms with Crippen molar-refractivity contribution in [2.75, 3.05) is 7.11 Å². The van der Waals surface area contributed by atoms with Gasteiger partial charge in [0.25, 0.3) is 0 Å². The molecule has 14 heavy (non-hydrogen) atoms. The van der Waals surface area contributed by atoms with Crippen LogP contribution in [0.4, 0.5) is 0 Å². The molecule has 0 aliphatic rings. The molecule has 0 saturated heterocycles. The molecule has 1 N–H and O–H groups in total. The molecule has 0 aliphatic heterocycles. The molecule has 0 aliphatic carbocycles. The highest BCUT2D eigenvalue weighted by Gasteiger charge is 2.14. The summed E-state index contributed by atoms with van der Waals surface area (Å²) in [6.07, 6.45) is 2.46. The number of ether oxygens (including phenoxy) is 1. The Hall–Kier alpha value is -2.18. The zero-order valence-electron chi connectivity index (χ0n) is 7.21. The van der Waals surface area contributed by atoms with Gasteiger partial charge in [-0.05, 0) is 0 Å². The summed E-state index contributed by atoms with van der Waals surface area (Å²) in [6.45, 7) is 0. The number of carboxylic acid groups (broad SMARTS) is 1. The van der Waals surface area contributed by atoms with Crippen LogP contribution in [0.3, 0.4) is 0 Å². The third kappa shape index (κ3) is 1.06. The summed E-state index contributed by atoms with van der Waals surface area (Å²) in [7, 11) is 1.40. The smallest absolute Gasteiger partial charge is 0.354 e. The average Bonchev–Trinajstić information content (AvgIpc) is 2.60. The largest absolute Gasteiger partial charge is 0.477 e. The molecule has 72 valence electrons. The molecule has 2 aromatic heterocycles. The number of hydrogen-bond acceptors (Lipinski definition) is 5. The Kier molecular flexibility index (Phi) is 1.77. The molecular weight excluding hydrogens is 188 g/mol. The van der Waals surface area contributed by atoms with Crippen molar-refractivity contribution in [3.8, 4) is 6.01 Å². The Labute approximate surface area is 78.0 Å². The van der Waals surface area contributed by atoms with E-state index in [1.807, 2.05) is 0 Å². The highest BCUT2D eigenvalue weighted by molar-refractivity contribution is 5.86. The summed E-state index contributed by atoms with van der Waals surface area (Å²) >= 11 is 0. The van der Waals surface area contributed by atoms with E-state index in [0.717, 1.165) is 0 Å². The van der Waals surface area contributed by atoms with E-state index in [1.165, 1.54) is 24.0 Å². The number of rotatable bonds is 2. The third-order valence-corrected chi connectivity index (χ3v) is 1.68. The Morgan fingerprint density at radius 3 is 2.93 bits per heavy atom. The average molecular weight is 194 g/mol. The predicted molar refractivity (Wildman–Crippen MR) is 44.3 cm³/mol. The summed E-state index contributed by atoms with van der Waals surface area (Å²) in [5.41, 5.74) is -0.0301. The lowest BCUT2D eigenvalue weighted by atomic mass is 10.5.